The third kappa shape index (κ3) is 8.12. The van der Waals surface area contributed by atoms with E-state index in [1.54, 1.807) is 0 Å². The molecule has 2 unspecified atom stereocenters. The quantitative estimate of drug-likeness (QED) is 0.291. The van der Waals surface area contributed by atoms with Gasteiger partial charge in [-0.2, -0.15) is 0 Å². The summed E-state index contributed by atoms with van der Waals surface area (Å²) in [7, 11) is 0. The van der Waals surface area contributed by atoms with Crippen molar-refractivity contribution in [2.45, 2.75) is 58.4 Å². The van der Waals surface area contributed by atoms with Crippen LogP contribution in [-0.2, 0) is 16.0 Å². The normalized spacial score (nSPS) is 21.5. The highest BCUT2D eigenvalue weighted by Gasteiger charge is 2.32. The number of urea groups is 1. The number of nitrogens with one attached hydrogen (secondary N) is 3. The Morgan fingerprint density at radius 1 is 1.19 bits per heavy atom. The number of carbonyl (C=O) groups excluding carboxylic acids is 1. The molecular weight excluding hydrogens is 509 g/mol. The van der Waals surface area contributed by atoms with Gasteiger partial charge in [0.05, 0.1) is 19.3 Å². The summed E-state index contributed by atoms with van der Waals surface area (Å²) in [6.45, 7) is 10.5. The van der Waals surface area contributed by atoms with Crippen LogP contribution in [0.5, 0.6) is 0 Å². The molecule has 1 aromatic carbocycles. The molecule has 0 radical (unpaired) electrons. The summed E-state index contributed by atoms with van der Waals surface area (Å²) in [5, 5.41) is 9.06. The fourth-order valence-electron chi connectivity index (χ4n) is 3.70. The minimum Gasteiger partial charge on any atom is -0.375 e. The van der Waals surface area contributed by atoms with E-state index in [0.29, 0.717) is 13.2 Å². The molecule has 0 aliphatic carbocycles. The Hall–Kier alpha value is -1.59. The van der Waals surface area contributed by atoms with Crippen molar-refractivity contribution in [3.05, 3.63) is 29.8 Å². The summed E-state index contributed by atoms with van der Waals surface area (Å²) >= 11 is 0. The molecule has 2 aliphatic rings. The summed E-state index contributed by atoms with van der Waals surface area (Å²) in [5.41, 5.74) is 1.85. The number of benzene rings is 1. The van der Waals surface area contributed by atoms with Gasteiger partial charge < -0.3 is 30.3 Å². The van der Waals surface area contributed by atoms with E-state index in [-0.39, 0.29) is 48.3 Å². The number of nitrogens with zero attached hydrogens (tertiary/aromatic N) is 2. The van der Waals surface area contributed by atoms with Gasteiger partial charge in [-0.25, -0.2) is 9.79 Å². The lowest BCUT2D eigenvalue weighted by molar-refractivity contribution is -0.0817. The second-order valence-corrected chi connectivity index (χ2v) is 8.03. The number of rotatable bonds is 6. The van der Waals surface area contributed by atoms with E-state index in [1.807, 2.05) is 38.1 Å². The predicted molar refractivity (Wildman–Crippen MR) is 134 cm³/mol. The van der Waals surface area contributed by atoms with Gasteiger partial charge in [-0.15, -0.1) is 24.0 Å². The van der Waals surface area contributed by atoms with Gasteiger partial charge in [-0.05, 0) is 51.3 Å². The number of anilines is 1. The number of halogens is 1. The van der Waals surface area contributed by atoms with E-state index in [4.69, 9.17) is 14.5 Å². The van der Waals surface area contributed by atoms with Crippen molar-refractivity contribution in [3.63, 3.8) is 0 Å². The van der Waals surface area contributed by atoms with Crippen LogP contribution in [-0.4, -0.2) is 68.0 Å². The lowest BCUT2D eigenvalue weighted by Gasteiger charge is -2.37. The average molecular weight is 545 g/mol. The van der Waals surface area contributed by atoms with Gasteiger partial charge in [0.15, 0.2) is 5.96 Å². The third-order valence-corrected chi connectivity index (χ3v) is 5.15. The molecule has 3 N–H and O–H groups in total. The Morgan fingerprint density at radius 3 is 2.58 bits per heavy atom. The van der Waals surface area contributed by atoms with Crippen molar-refractivity contribution in [2.75, 3.05) is 38.2 Å². The van der Waals surface area contributed by atoms with Crippen LogP contribution in [0.25, 0.3) is 0 Å². The number of morpholine rings is 1. The summed E-state index contributed by atoms with van der Waals surface area (Å²) in [5.74, 6) is 0.905. The van der Waals surface area contributed by atoms with Crippen LogP contribution in [0.1, 0.15) is 39.2 Å². The first-order valence-electron chi connectivity index (χ1n) is 11.0. The number of ether oxygens (including phenoxy) is 2. The zero-order chi connectivity index (χ0) is 21.3. The van der Waals surface area contributed by atoms with Crippen molar-refractivity contribution in [2.24, 2.45) is 4.99 Å². The number of hydrogen-bond acceptors (Lipinski definition) is 4. The van der Waals surface area contributed by atoms with Crippen LogP contribution in [0.4, 0.5) is 10.5 Å². The minimum absolute atomic E-state index is 0. The number of guanidine groups is 1. The van der Waals surface area contributed by atoms with Crippen molar-refractivity contribution in [1.82, 2.24) is 15.5 Å². The highest BCUT2D eigenvalue weighted by atomic mass is 127. The molecule has 2 fully saturated rings. The Kier molecular flexibility index (Phi) is 10.8. The van der Waals surface area contributed by atoms with Crippen molar-refractivity contribution >= 4 is 41.7 Å². The molecule has 0 bridgehead atoms. The lowest BCUT2D eigenvalue weighted by Crippen LogP contribution is -2.53. The molecule has 2 aliphatic heterocycles. The lowest BCUT2D eigenvalue weighted by atomic mass is 10.1. The monoisotopic (exact) mass is 545 g/mol. The molecule has 2 heterocycles. The Labute approximate surface area is 202 Å². The van der Waals surface area contributed by atoms with Crippen molar-refractivity contribution in [3.8, 4) is 0 Å². The first kappa shape index (κ1) is 25.7. The topological polar surface area (TPSA) is 87.2 Å². The molecule has 31 heavy (non-hydrogen) atoms. The fraction of sp³-hybridized carbons (Fsp3) is 0.636. The van der Waals surface area contributed by atoms with E-state index >= 15 is 0 Å². The van der Waals surface area contributed by atoms with Crippen molar-refractivity contribution < 1.29 is 14.3 Å². The van der Waals surface area contributed by atoms with Gasteiger partial charge in [0.1, 0.15) is 6.10 Å². The molecule has 0 saturated carbocycles. The Bertz CT molecular complexity index is 708. The number of carbonyl (C=O) groups is 1. The Morgan fingerprint density at radius 2 is 1.94 bits per heavy atom. The second kappa shape index (κ2) is 13.1. The summed E-state index contributed by atoms with van der Waals surface area (Å²) < 4.78 is 11.8. The maximum Gasteiger partial charge on any atom is 0.319 e. The van der Waals surface area contributed by atoms with Gasteiger partial charge in [-0.1, -0.05) is 12.1 Å². The van der Waals surface area contributed by atoms with Gasteiger partial charge in [0, 0.05) is 38.0 Å². The SMILES string of the molecule is CCNC(=NCc1ccc(NC(=O)NC(C)C)cc1)N1CCOC(C2CCCO2)C1.I. The van der Waals surface area contributed by atoms with Crippen LogP contribution in [0, 0.1) is 0 Å². The first-order chi connectivity index (χ1) is 14.5. The van der Waals surface area contributed by atoms with Gasteiger partial charge in [0.25, 0.3) is 0 Å². The van der Waals surface area contributed by atoms with E-state index in [2.05, 4.69) is 27.8 Å². The van der Waals surface area contributed by atoms with E-state index in [9.17, 15) is 4.79 Å². The third-order valence-electron chi connectivity index (χ3n) is 5.15. The first-order valence-corrected chi connectivity index (χ1v) is 11.0. The molecule has 8 nitrogen and oxygen atoms in total. The number of aliphatic imine (C=N–C) groups is 1. The van der Waals surface area contributed by atoms with Crippen LogP contribution in [0.3, 0.4) is 0 Å². The summed E-state index contributed by atoms with van der Waals surface area (Å²) in [6, 6.07) is 7.69. The van der Waals surface area contributed by atoms with Crippen LogP contribution >= 0.6 is 24.0 Å². The molecule has 0 spiro atoms. The summed E-state index contributed by atoms with van der Waals surface area (Å²) in [6.07, 6.45) is 2.49. The maximum atomic E-state index is 11.8. The maximum absolute atomic E-state index is 11.8. The minimum atomic E-state index is -0.196. The van der Waals surface area contributed by atoms with E-state index in [0.717, 1.165) is 56.3 Å². The predicted octanol–water partition coefficient (Wildman–Crippen LogP) is 3.18. The van der Waals surface area contributed by atoms with Crippen LogP contribution < -0.4 is 16.0 Å². The van der Waals surface area contributed by atoms with Gasteiger partial charge >= 0.3 is 6.03 Å². The standard InChI is InChI=1S/C22H35N5O3.HI/c1-4-23-21(27-11-13-30-20(15-27)19-6-5-12-29-19)24-14-17-7-9-18(10-8-17)26-22(28)25-16(2)3;/h7-10,16,19-20H,4-6,11-15H2,1-3H3,(H,23,24)(H2,25,26,28);1H. The molecule has 174 valence electrons. The van der Waals surface area contributed by atoms with Gasteiger partial charge in [-0.3, -0.25) is 0 Å². The van der Waals surface area contributed by atoms with E-state index < -0.39 is 0 Å². The molecule has 1 aromatic rings. The molecule has 0 aromatic heterocycles. The van der Waals surface area contributed by atoms with Crippen LogP contribution in [0.15, 0.2) is 29.3 Å². The smallest absolute Gasteiger partial charge is 0.319 e. The van der Waals surface area contributed by atoms with Gasteiger partial charge in [0.2, 0.25) is 0 Å². The summed E-state index contributed by atoms with van der Waals surface area (Å²) in [4.78, 5) is 18.9. The molecule has 2 atom stereocenters. The number of hydrogen-bond donors (Lipinski definition) is 3. The Balaban J connectivity index is 0.00000341. The molecule has 2 amide bonds. The van der Waals surface area contributed by atoms with E-state index in [1.165, 1.54) is 0 Å². The zero-order valence-electron chi connectivity index (χ0n) is 18.7. The molecular formula is C22H36IN5O3. The average Bonchev–Trinajstić information content (AvgIpc) is 3.27. The fourth-order valence-corrected chi connectivity index (χ4v) is 3.70. The molecule has 3 rings (SSSR count). The zero-order valence-corrected chi connectivity index (χ0v) is 21.1. The van der Waals surface area contributed by atoms with Crippen molar-refractivity contribution in [1.29, 1.82) is 0 Å². The second-order valence-electron chi connectivity index (χ2n) is 8.03. The molecule has 9 heteroatoms. The largest absolute Gasteiger partial charge is 0.375 e. The highest BCUT2D eigenvalue weighted by molar-refractivity contribution is 14.0. The number of amides is 2. The van der Waals surface area contributed by atoms with Crippen LogP contribution in [0.2, 0.25) is 0 Å². The highest BCUT2D eigenvalue weighted by Crippen LogP contribution is 2.21. The molecule has 2 saturated heterocycles.